The molecule has 0 amide bonds. The van der Waals surface area contributed by atoms with Crippen molar-refractivity contribution in [2.75, 3.05) is 6.54 Å². The standard InChI is InChI=1S/C20H21N5O3/c1-3-9-25(13-18-22-24-20(28-18)16-8-5-10-26-16)12-17-21-23-19(27-17)15-7-4-6-14(2)11-15/h4-8,10-11H,3,9,12-13H2,1-2H3. The second kappa shape index (κ2) is 8.18. The van der Waals surface area contributed by atoms with E-state index < -0.39 is 0 Å². The van der Waals surface area contributed by atoms with E-state index in [9.17, 15) is 0 Å². The Kier molecular flexibility index (Phi) is 5.29. The van der Waals surface area contributed by atoms with Crippen LogP contribution in [0.25, 0.3) is 23.1 Å². The number of nitrogens with zero attached hydrogens (tertiary/aromatic N) is 5. The van der Waals surface area contributed by atoms with E-state index in [4.69, 9.17) is 13.3 Å². The van der Waals surface area contributed by atoms with E-state index in [0.717, 1.165) is 24.1 Å². The van der Waals surface area contributed by atoms with Gasteiger partial charge < -0.3 is 13.3 Å². The van der Waals surface area contributed by atoms with Gasteiger partial charge in [-0.05, 0) is 44.2 Å². The van der Waals surface area contributed by atoms with Crippen molar-refractivity contribution in [2.45, 2.75) is 33.4 Å². The molecule has 0 unspecified atom stereocenters. The highest BCUT2D eigenvalue weighted by atomic mass is 16.4. The van der Waals surface area contributed by atoms with Gasteiger partial charge in [0.2, 0.25) is 17.7 Å². The van der Waals surface area contributed by atoms with Gasteiger partial charge in [0.05, 0.1) is 19.4 Å². The topological polar surface area (TPSA) is 94.2 Å². The van der Waals surface area contributed by atoms with Crippen LogP contribution in [-0.4, -0.2) is 31.8 Å². The summed E-state index contributed by atoms with van der Waals surface area (Å²) in [5.41, 5.74) is 2.06. The van der Waals surface area contributed by atoms with Crippen LogP contribution in [0.4, 0.5) is 0 Å². The molecule has 3 heterocycles. The fourth-order valence-electron chi connectivity index (χ4n) is 2.94. The first kappa shape index (κ1) is 18.1. The molecule has 0 N–H and O–H groups in total. The molecule has 0 spiro atoms. The van der Waals surface area contributed by atoms with Gasteiger partial charge in [0.25, 0.3) is 5.89 Å². The first-order valence-electron chi connectivity index (χ1n) is 9.19. The molecule has 0 bridgehead atoms. The zero-order valence-electron chi connectivity index (χ0n) is 15.8. The van der Waals surface area contributed by atoms with E-state index in [1.165, 1.54) is 0 Å². The maximum Gasteiger partial charge on any atom is 0.283 e. The Labute approximate surface area is 162 Å². The van der Waals surface area contributed by atoms with Crippen LogP contribution in [0.5, 0.6) is 0 Å². The van der Waals surface area contributed by atoms with Crippen LogP contribution >= 0.6 is 0 Å². The Morgan fingerprint density at radius 3 is 2.32 bits per heavy atom. The van der Waals surface area contributed by atoms with Crippen LogP contribution in [0.1, 0.15) is 30.7 Å². The number of aryl methyl sites for hydroxylation is 1. The van der Waals surface area contributed by atoms with E-state index in [2.05, 4.69) is 32.2 Å². The second-order valence-corrected chi connectivity index (χ2v) is 6.56. The minimum Gasteiger partial charge on any atom is -0.459 e. The molecule has 8 heteroatoms. The lowest BCUT2D eigenvalue weighted by atomic mass is 10.1. The van der Waals surface area contributed by atoms with Crippen molar-refractivity contribution in [1.82, 2.24) is 25.3 Å². The van der Waals surface area contributed by atoms with Crippen molar-refractivity contribution in [3.05, 3.63) is 60.0 Å². The fourth-order valence-corrected chi connectivity index (χ4v) is 2.94. The summed E-state index contributed by atoms with van der Waals surface area (Å²) < 4.78 is 16.9. The normalized spacial score (nSPS) is 11.4. The molecule has 0 aliphatic heterocycles. The Bertz CT molecular complexity index is 1020. The third-order valence-electron chi connectivity index (χ3n) is 4.19. The summed E-state index contributed by atoms with van der Waals surface area (Å²) in [6, 6.07) is 11.6. The maximum atomic E-state index is 5.86. The van der Waals surface area contributed by atoms with Gasteiger partial charge in [-0.25, -0.2) is 0 Å². The van der Waals surface area contributed by atoms with Crippen LogP contribution in [0, 0.1) is 6.92 Å². The van der Waals surface area contributed by atoms with Gasteiger partial charge in [0.1, 0.15) is 0 Å². The van der Waals surface area contributed by atoms with E-state index in [1.54, 1.807) is 18.4 Å². The summed E-state index contributed by atoms with van der Waals surface area (Å²) in [5.74, 6) is 2.51. The molecule has 0 radical (unpaired) electrons. The lowest BCUT2D eigenvalue weighted by Crippen LogP contribution is -2.24. The molecule has 144 valence electrons. The molecule has 8 nitrogen and oxygen atoms in total. The summed E-state index contributed by atoms with van der Waals surface area (Å²) in [6.45, 7) is 5.97. The smallest absolute Gasteiger partial charge is 0.283 e. The predicted octanol–water partition coefficient (Wildman–Crippen LogP) is 4.10. The molecule has 28 heavy (non-hydrogen) atoms. The van der Waals surface area contributed by atoms with Crippen LogP contribution in [0.3, 0.4) is 0 Å². The Balaban J connectivity index is 1.45. The van der Waals surface area contributed by atoms with Gasteiger partial charge in [-0.1, -0.05) is 24.6 Å². The van der Waals surface area contributed by atoms with Gasteiger partial charge in [0.15, 0.2) is 5.76 Å². The number of aromatic nitrogens is 4. The zero-order valence-corrected chi connectivity index (χ0v) is 15.8. The summed E-state index contributed by atoms with van der Waals surface area (Å²) in [6.07, 6.45) is 2.54. The molecule has 0 saturated heterocycles. The molecule has 4 rings (SSSR count). The molecular formula is C20H21N5O3. The van der Waals surface area contributed by atoms with Crippen molar-refractivity contribution in [3.8, 4) is 23.1 Å². The number of hydrogen-bond acceptors (Lipinski definition) is 8. The van der Waals surface area contributed by atoms with Crippen molar-refractivity contribution >= 4 is 0 Å². The molecule has 0 atom stereocenters. The number of rotatable bonds is 8. The average Bonchev–Trinajstić information content (AvgIpc) is 3.44. The predicted molar refractivity (Wildman–Crippen MR) is 101 cm³/mol. The zero-order chi connectivity index (χ0) is 19.3. The van der Waals surface area contributed by atoms with E-state index in [-0.39, 0.29) is 0 Å². The summed E-state index contributed by atoms with van der Waals surface area (Å²) in [5, 5.41) is 16.5. The lowest BCUT2D eigenvalue weighted by molar-refractivity contribution is 0.211. The molecule has 4 aromatic rings. The summed E-state index contributed by atoms with van der Waals surface area (Å²) >= 11 is 0. The Morgan fingerprint density at radius 2 is 1.64 bits per heavy atom. The number of hydrogen-bond donors (Lipinski definition) is 0. The molecular weight excluding hydrogens is 358 g/mol. The van der Waals surface area contributed by atoms with Gasteiger partial charge >= 0.3 is 0 Å². The van der Waals surface area contributed by atoms with Crippen LogP contribution in [0.2, 0.25) is 0 Å². The second-order valence-electron chi connectivity index (χ2n) is 6.56. The van der Waals surface area contributed by atoms with Gasteiger partial charge in [0, 0.05) is 5.56 Å². The molecule has 1 aromatic carbocycles. The summed E-state index contributed by atoms with van der Waals surface area (Å²) in [4.78, 5) is 2.13. The highest BCUT2D eigenvalue weighted by Gasteiger charge is 2.17. The minimum absolute atomic E-state index is 0.371. The maximum absolute atomic E-state index is 5.86. The van der Waals surface area contributed by atoms with E-state index in [0.29, 0.717) is 42.4 Å². The molecule has 0 aliphatic carbocycles. The van der Waals surface area contributed by atoms with Crippen molar-refractivity contribution in [2.24, 2.45) is 0 Å². The minimum atomic E-state index is 0.371. The molecule has 3 aromatic heterocycles. The summed E-state index contributed by atoms with van der Waals surface area (Å²) in [7, 11) is 0. The van der Waals surface area contributed by atoms with Gasteiger partial charge in [-0.2, -0.15) is 0 Å². The van der Waals surface area contributed by atoms with Crippen molar-refractivity contribution in [3.63, 3.8) is 0 Å². The largest absolute Gasteiger partial charge is 0.459 e. The SMILES string of the molecule is CCCN(Cc1nnc(-c2cccc(C)c2)o1)Cc1nnc(-c2ccco2)o1. The Hall–Kier alpha value is -3.26. The average molecular weight is 379 g/mol. The highest BCUT2D eigenvalue weighted by Crippen LogP contribution is 2.21. The quantitative estimate of drug-likeness (QED) is 0.452. The van der Waals surface area contributed by atoms with Gasteiger partial charge in [-0.15, -0.1) is 20.4 Å². The molecule has 0 saturated carbocycles. The van der Waals surface area contributed by atoms with E-state index >= 15 is 0 Å². The van der Waals surface area contributed by atoms with Crippen LogP contribution in [0.15, 0.2) is 55.9 Å². The number of furan rings is 1. The molecule has 0 aliphatic rings. The van der Waals surface area contributed by atoms with E-state index in [1.807, 2.05) is 31.2 Å². The van der Waals surface area contributed by atoms with Crippen molar-refractivity contribution in [1.29, 1.82) is 0 Å². The fraction of sp³-hybridized carbons (Fsp3) is 0.300. The third-order valence-corrected chi connectivity index (χ3v) is 4.19. The third kappa shape index (κ3) is 4.17. The number of benzene rings is 1. The van der Waals surface area contributed by atoms with Crippen LogP contribution in [-0.2, 0) is 13.1 Å². The van der Waals surface area contributed by atoms with Crippen LogP contribution < -0.4 is 0 Å². The highest BCUT2D eigenvalue weighted by molar-refractivity contribution is 5.53. The Morgan fingerprint density at radius 1 is 0.893 bits per heavy atom. The first-order valence-corrected chi connectivity index (χ1v) is 9.19. The lowest BCUT2D eigenvalue weighted by Gasteiger charge is -2.17. The first-order chi connectivity index (χ1) is 13.7. The monoisotopic (exact) mass is 379 g/mol. The molecule has 0 fully saturated rings. The van der Waals surface area contributed by atoms with Gasteiger partial charge in [-0.3, -0.25) is 4.90 Å². The van der Waals surface area contributed by atoms with Crippen molar-refractivity contribution < 1.29 is 13.3 Å².